The van der Waals surface area contributed by atoms with Crippen LogP contribution in [-0.4, -0.2) is 11.2 Å². The van der Waals surface area contributed by atoms with Crippen LogP contribution in [0, 0.1) is 0 Å². The maximum Gasteiger partial charge on any atom is 0.0952 e. The molecule has 0 fully saturated rings. The van der Waals surface area contributed by atoms with Crippen LogP contribution >= 0.6 is 0 Å². The average Bonchev–Trinajstić information content (AvgIpc) is 1.82. The Bertz CT molecular complexity index is 112. The number of allylic oxidation sites excluding steroid dienone is 1. The topological polar surface area (TPSA) is 18.5 Å². The molecule has 0 amide bonds. The summed E-state index contributed by atoms with van der Waals surface area (Å²) in [5, 5.41) is 0. The largest absolute Gasteiger partial charge is 0.230 e. The molecule has 0 bridgehead atoms. The van der Waals surface area contributed by atoms with E-state index in [4.69, 9.17) is 9.78 Å². The molecule has 0 N–H and O–H groups in total. The van der Waals surface area contributed by atoms with Gasteiger partial charge in [-0.15, -0.1) is 6.58 Å². The zero-order valence-electron chi connectivity index (χ0n) is 10.1. The second-order valence-corrected chi connectivity index (χ2v) is 4.80. The van der Waals surface area contributed by atoms with Crippen molar-refractivity contribution in [2.24, 2.45) is 0 Å². The summed E-state index contributed by atoms with van der Waals surface area (Å²) in [6.07, 6.45) is 1.75. The molecule has 0 aliphatic carbocycles. The van der Waals surface area contributed by atoms with Crippen LogP contribution in [0.1, 0.15) is 48.5 Å². The molecule has 0 spiro atoms. The molecule has 0 rings (SSSR count). The van der Waals surface area contributed by atoms with Gasteiger partial charge in [0.1, 0.15) is 0 Å². The minimum atomic E-state index is -0.215. The Labute approximate surface area is 82.9 Å². The van der Waals surface area contributed by atoms with Crippen molar-refractivity contribution in [3.8, 4) is 0 Å². The van der Waals surface area contributed by atoms with Gasteiger partial charge in [-0.2, -0.15) is 0 Å². The third kappa shape index (κ3) is 24.5. The molecule has 80 valence electrons. The summed E-state index contributed by atoms with van der Waals surface area (Å²) >= 11 is 0. The predicted octanol–water partition coefficient (Wildman–Crippen LogP) is 3.72. The molecule has 2 heteroatoms. The lowest BCUT2D eigenvalue weighted by Crippen LogP contribution is -2.27. The van der Waals surface area contributed by atoms with Gasteiger partial charge in [0, 0.05) is 0 Å². The van der Waals surface area contributed by atoms with E-state index in [-0.39, 0.29) is 11.2 Å². The van der Waals surface area contributed by atoms with E-state index in [0.29, 0.717) is 0 Å². The Kier molecular flexibility index (Phi) is 7.18. The summed E-state index contributed by atoms with van der Waals surface area (Å²) in [6.45, 7) is 17.0. The molecule has 2 nitrogen and oxygen atoms in total. The van der Waals surface area contributed by atoms with Gasteiger partial charge in [0.25, 0.3) is 0 Å². The number of hydrogen-bond donors (Lipinski definition) is 0. The van der Waals surface area contributed by atoms with Gasteiger partial charge in [-0.1, -0.05) is 6.08 Å². The lowest BCUT2D eigenvalue weighted by molar-refractivity contribution is -0.393. The van der Waals surface area contributed by atoms with Gasteiger partial charge in [-0.3, -0.25) is 0 Å². The first-order valence-electron chi connectivity index (χ1n) is 4.56. The smallest absolute Gasteiger partial charge is 0.0952 e. The highest BCUT2D eigenvalue weighted by Gasteiger charge is 2.18. The molecular formula is C11H24O2. The molecule has 0 heterocycles. The molecule has 0 aliphatic rings. The number of rotatable bonds is 1. The van der Waals surface area contributed by atoms with E-state index in [0.717, 1.165) is 0 Å². The van der Waals surface area contributed by atoms with E-state index in [1.54, 1.807) is 6.08 Å². The molecule has 0 atom stereocenters. The fourth-order valence-corrected chi connectivity index (χ4v) is 0.250. The van der Waals surface area contributed by atoms with E-state index >= 15 is 0 Å². The lowest BCUT2D eigenvalue weighted by atomic mass is 10.2. The maximum absolute atomic E-state index is 5.09. The zero-order chi connectivity index (χ0) is 11.1. The van der Waals surface area contributed by atoms with Gasteiger partial charge in [-0.25, -0.2) is 9.78 Å². The standard InChI is InChI=1S/C8H18O2.C3H6/c1-7(2,3)9-10-8(4,5)6;1-3-2/h1-6H3;3H,1H2,2H3. The maximum atomic E-state index is 5.09. The van der Waals surface area contributed by atoms with Gasteiger partial charge in [0.2, 0.25) is 0 Å². The molecule has 0 unspecified atom stereocenters. The Morgan fingerprint density at radius 3 is 1.08 bits per heavy atom. The lowest BCUT2D eigenvalue weighted by Gasteiger charge is -2.24. The molecule has 0 aromatic carbocycles. The second-order valence-electron chi connectivity index (χ2n) is 4.80. The van der Waals surface area contributed by atoms with Crippen molar-refractivity contribution in [1.82, 2.24) is 0 Å². The average molecular weight is 188 g/mol. The van der Waals surface area contributed by atoms with E-state index in [9.17, 15) is 0 Å². The van der Waals surface area contributed by atoms with Gasteiger partial charge >= 0.3 is 0 Å². The van der Waals surface area contributed by atoms with Crippen molar-refractivity contribution < 1.29 is 9.78 Å². The molecule has 0 aromatic rings. The van der Waals surface area contributed by atoms with Crippen LogP contribution < -0.4 is 0 Å². The van der Waals surface area contributed by atoms with Crippen LogP contribution in [-0.2, 0) is 9.78 Å². The zero-order valence-corrected chi connectivity index (χ0v) is 10.1. The van der Waals surface area contributed by atoms with Gasteiger partial charge < -0.3 is 0 Å². The van der Waals surface area contributed by atoms with Gasteiger partial charge in [0.05, 0.1) is 11.2 Å². The summed E-state index contributed by atoms with van der Waals surface area (Å²) in [7, 11) is 0. The van der Waals surface area contributed by atoms with Crippen LogP contribution in [0.25, 0.3) is 0 Å². The van der Waals surface area contributed by atoms with Crippen molar-refractivity contribution in [3.05, 3.63) is 12.7 Å². The van der Waals surface area contributed by atoms with Crippen LogP contribution in [0.2, 0.25) is 0 Å². The highest BCUT2D eigenvalue weighted by Crippen LogP contribution is 2.14. The summed E-state index contributed by atoms with van der Waals surface area (Å²) in [5.41, 5.74) is -0.430. The first-order chi connectivity index (χ1) is 5.62. The molecule has 0 aromatic heterocycles. The van der Waals surface area contributed by atoms with Gasteiger partial charge in [0.15, 0.2) is 0 Å². The van der Waals surface area contributed by atoms with E-state index < -0.39 is 0 Å². The quantitative estimate of drug-likeness (QED) is 0.355. The minimum absolute atomic E-state index is 0.215. The SMILES string of the molecule is C=CC.CC(C)(C)OOC(C)(C)C. The highest BCUT2D eigenvalue weighted by molar-refractivity contribution is 4.58. The summed E-state index contributed by atoms with van der Waals surface area (Å²) in [6, 6.07) is 0. The Balaban J connectivity index is 0. The molecular weight excluding hydrogens is 164 g/mol. The van der Waals surface area contributed by atoms with Crippen LogP contribution in [0.4, 0.5) is 0 Å². The summed E-state index contributed by atoms with van der Waals surface area (Å²) < 4.78 is 0. The summed E-state index contributed by atoms with van der Waals surface area (Å²) in [4.78, 5) is 10.2. The van der Waals surface area contributed by atoms with Crippen molar-refractivity contribution >= 4 is 0 Å². The van der Waals surface area contributed by atoms with Crippen molar-refractivity contribution in [2.75, 3.05) is 0 Å². The normalized spacial score (nSPS) is 11.6. The highest BCUT2D eigenvalue weighted by atomic mass is 17.2. The second kappa shape index (κ2) is 6.17. The predicted molar refractivity (Wildman–Crippen MR) is 57.5 cm³/mol. The molecule has 0 saturated carbocycles. The first kappa shape index (κ1) is 15.1. The van der Waals surface area contributed by atoms with Crippen molar-refractivity contribution in [3.63, 3.8) is 0 Å². The van der Waals surface area contributed by atoms with E-state index in [2.05, 4.69) is 6.58 Å². The molecule has 0 radical (unpaired) electrons. The Hall–Kier alpha value is -0.340. The first-order valence-corrected chi connectivity index (χ1v) is 4.56. The third-order valence-electron chi connectivity index (χ3n) is 0.542. The molecule has 0 saturated heterocycles. The fraction of sp³-hybridized carbons (Fsp3) is 0.818. The number of hydrogen-bond acceptors (Lipinski definition) is 2. The molecule has 0 aliphatic heterocycles. The Morgan fingerprint density at radius 1 is 0.846 bits per heavy atom. The van der Waals surface area contributed by atoms with E-state index in [1.165, 1.54) is 0 Å². The molecule has 13 heavy (non-hydrogen) atoms. The fourth-order valence-electron chi connectivity index (χ4n) is 0.250. The van der Waals surface area contributed by atoms with Crippen molar-refractivity contribution in [1.29, 1.82) is 0 Å². The van der Waals surface area contributed by atoms with Crippen LogP contribution in [0.3, 0.4) is 0 Å². The van der Waals surface area contributed by atoms with E-state index in [1.807, 2.05) is 48.5 Å². The summed E-state index contributed by atoms with van der Waals surface area (Å²) in [5.74, 6) is 0. The van der Waals surface area contributed by atoms with Gasteiger partial charge in [-0.05, 0) is 48.5 Å². The van der Waals surface area contributed by atoms with Crippen LogP contribution in [0.15, 0.2) is 12.7 Å². The van der Waals surface area contributed by atoms with Crippen molar-refractivity contribution in [2.45, 2.75) is 59.7 Å². The third-order valence-corrected chi connectivity index (χ3v) is 0.542. The Morgan fingerprint density at radius 2 is 1.00 bits per heavy atom. The monoisotopic (exact) mass is 188 g/mol. The van der Waals surface area contributed by atoms with Crippen LogP contribution in [0.5, 0.6) is 0 Å². The minimum Gasteiger partial charge on any atom is -0.230 e.